The molecule has 1 heterocycles. The number of halogens is 1. The van der Waals surface area contributed by atoms with Crippen LogP contribution in [0.1, 0.15) is 6.42 Å². The Morgan fingerprint density at radius 1 is 1.35 bits per heavy atom. The van der Waals surface area contributed by atoms with Gasteiger partial charge in [-0.05, 0) is 24.3 Å². The molecule has 1 saturated heterocycles. The molecule has 0 spiro atoms. The van der Waals surface area contributed by atoms with Gasteiger partial charge in [0.2, 0.25) is 11.8 Å². The zero-order chi connectivity index (χ0) is 12.4. The van der Waals surface area contributed by atoms with Crippen LogP contribution in [0.2, 0.25) is 0 Å². The number of ether oxygens (including phenoxy) is 1. The predicted octanol–water partition coefficient (Wildman–Crippen LogP) is 1.81. The summed E-state index contributed by atoms with van der Waals surface area (Å²) in [6.45, 7) is 0. The average molecular weight is 254 g/mol. The van der Waals surface area contributed by atoms with E-state index in [1.54, 1.807) is 31.4 Å². The summed E-state index contributed by atoms with van der Waals surface area (Å²) >= 11 is 5.65. The lowest BCUT2D eigenvalue weighted by Crippen LogP contribution is -2.30. The van der Waals surface area contributed by atoms with Crippen molar-refractivity contribution in [3.63, 3.8) is 0 Å². The Hall–Kier alpha value is -1.55. The predicted molar refractivity (Wildman–Crippen MR) is 64.3 cm³/mol. The first-order valence-corrected chi connectivity index (χ1v) is 5.77. The highest BCUT2D eigenvalue weighted by Gasteiger charge is 2.38. The molecule has 4 nitrogen and oxygen atoms in total. The molecule has 1 unspecified atom stereocenters. The van der Waals surface area contributed by atoms with Crippen molar-refractivity contribution in [3.05, 3.63) is 24.3 Å². The van der Waals surface area contributed by atoms with Gasteiger partial charge < -0.3 is 4.74 Å². The van der Waals surface area contributed by atoms with Crippen LogP contribution in [0.4, 0.5) is 5.69 Å². The van der Waals surface area contributed by atoms with E-state index < -0.39 is 5.92 Å². The monoisotopic (exact) mass is 253 g/mol. The van der Waals surface area contributed by atoms with Crippen LogP contribution in [-0.2, 0) is 9.59 Å². The van der Waals surface area contributed by atoms with Gasteiger partial charge >= 0.3 is 0 Å². The number of hydrogen-bond donors (Lipinski definition) is 0. The number of carbonyl (C=O) groups is 2. The highest BCUT2D eigenvalue weighted by atomic mass is 35.5. The van der Waals surface area contributed by atoms with E-state index in [1.165, 1.54) is 4.90 Å². The molecule has 1 aromatic rings. The Kier molecular flexibility index (Phi) is 3.33. The van der Waals surface area contributed by atoms with Gasteiger partial charge in [0.15, 0.2) is 0 Å². The maximum Gasteiger partial charge on any atom is 0.238 e. The quantitative estimate of drug-likeness (QED) is 0.610. The number of rotatable bonds is 3. The van der Waals surface area contributed by atoms with Crippen LogP contribution < -0.4 is 9.64 Å². The molecule has 2 amide bonds. The fourth-order valence-electron chi connectivity index (χ4n) is 1.82. The lowest BCUT2D eigenvalue weighted by atomic mass is 10.1. The fourth-order valence-corrected chi connectivity index (χ4v) is 2.06. The van der Waals surface area contributed by atoms with Crippen molar-refractivity contribution in [2.24, 2.45) is 5.92 Å². The molecule has 17 heavy (non-hydrogen) atoms. The zero-order valence-electron chi connectivity index (χ0n) is 9.35. The number of nitrogens with zero attached hydrogens (tertiary/aromatic N) is 1. The van der Waals surface area contributed by atoms with E-state index in [2.05, 4.69) is 0 Å². The summed E-state index contributed by atoms with van der Waals surface area (Å²) in [4.78, 5) is 24.8. The first-order chi connectivity index (χ1) is 8.17. The molecular weight excluding hydrogens is 242 g/mol. The summed E-state index contributed by atoms with van der Waals surface area (Å²) in [5, 5.41) is 0. The maximum atomic E-state index is 11.9. The van der Waals surface area contributed by atoms with Crippen LogP contribution in [0, 0.1) is 5.92 Å². The largest absolute Gasteiger partial charge is 0.497 e. The molecule has 1 aliphatic heterocycles. The van der Waals surface area contributed by atoms with Crippen LogP contribution in [0.3, 0.4) is 0 Å². The van der Waals surface area contributed by atoms with Gasteiger partial charge in [0.1, 0.15) is 5.75 Å². The molecule has 0 saturated carbocycles. The summed E-state index contributed by atoms with van der Waals surface area (Å²) in [6.07, 6.45) is 0.189. The molecule has 1 fully saturated rings. The topological polar surface area (TPSA) is 46.6 Å². The first-order valence-electron chi connectivity index (χ1n) is 5.24. The lowest BCUT2D eigenvalue weighted by molar-refractivity contribution is -0.122. The van der Waals surface area contributed by atoms with Crippen molar-refractivity contribution in [1.82, 2.24) is 0 Å². The number of benzene rings is 1. The van der Waals surface area contributed by atoms with Crippen molar-refractivity contribution >= 4 is 29.1 Å². The maximum absolute atomic E-state index is 11.9. The number of hydrogen-bond acceptors (Lipinski definition) is 3. The standard InChI is InChI=1S/C12H12ClNO3/c1-17-10-4-2-9(3-5-10)14-11(15)6-8(7-13)12(14)16/h2-5,8H,6-7H2,1H3. The second kappa shape index (κ2) is 4.75. The number of imide groups is 1. The lowest BCUT2D eigenvalue weighted by Gasteiger charge is -2.14. The van der Waals surface area contributed by atoms with E-state index in [0.29, 0.717) is 11.4 Å². The Balaban J connectivity index is 2.27. The SMILES string of the molecule is COc1ccc(N2C(=O)CC(CCl)C2=O)cc1. The molecule has 2 rings (SSSR count). The highest BCUT2D eigenvalue weighted by Crippen LogP contribution is 2.28. The van der Waals surface area contributed by atoms with E-state index >= 15 is 0 Å². The summed E-state index contributed by atoms with van der Waals surface area (Å²) < 4.78 is 5.02. The Bertz CT molecular complexity index is 444. The smallest absolute Gasteiger partial charge is 0.238 e. The van der Waals surface area contributed by atoms with E-state index in [-0.39, 0.29) is 24.1 Å². The molecule has 0 aromatic heterocycles. The van der Waals surface area contributed by atoms with Crippen molar-refractivity contribution in [1.29, 1.82) is 0 Å². The molecule has 5 heteroatoms. The van der Waals surface area contributed by atoms with E-state index in [1.807, 2.05) is 0 Å². The molecular formula is C12H12ClNO3. The average Bonchev–Trinajstić information content (AvgIpc) is 2.64. The van der Waals surface area contributed by atoms with Gasteiger partial charge in [0.05, 0.1) is 18.7 Å². The number of anilines is 1. The van der Waals surface area contributed by atoms with Gasteiger partial charge in [-0.1, -0.05) is 0 Å². The molecule has 90 valence electrons. The van der Waals surface area contributed by atoms with Gasteiger partial charge in [0, 0.05) is 12.3 Å². The molecule has 1 aromatic carbocycles. The van der Waals surface area contributed by atoms with Crippen LogP contribution >= 0.6 is 11.6 Å². The normalized spacial score (nSPS) is 19.9. The minimum atomic E-state index is -0.397. The summed E-state index contributed by atoms with van der Waals surface area (Å²) in [5.74, 6) is 0.0334. The molecule has 0 radical (unpaired) electrons. The van der Waals surface area contributed by atoms with Crippen LogP contribution in [-0.4, -0.2) is 24.8 Å². The highest BCUT2D eigenvalue weighted by molar-refractivity contribution is 6.25. The first kappa shape index (κ1) is 11.9. The van der Waals surface area contributed by atoms with Gasteiger partial charge in [-0.3, -0.25) is 14.5 Å². The zero-order valence-corrected chi connectivity index (χ0v) is 10.1. The Morgan fingerprint density at radius 3 is 2.47 bits per heavy atom. The Morgan fingerprint density at radius 2 is 2.00 bits per heavy atom. The molecule has 1 atom stereocenters. The van der Waals surface area contributed by atoms with Gasteiger partial charge in [-0.25, -0.2) is 0 Å². The summed E-state index contributed by atoms with van der Waals surface area (Å²) in [6, 6.07) is 6.80. The number of amides is 2. The summed E-state index contributed by atoms with van der Waals surface area (Å²) in [5.41, 5.74) is 0.563. The second-order valence-electron chi connectivity index (χ2n) is 3.82. The second-order valence-corrected chi connectivity index (χ2v) is 4.13. The fraction of sp³-hybridized carbons (Fsp3) is 0.333. The number of methoxy groups -OCH3 is 1. The van der Waals surface area contributed by atoms with Crippen molar-refractivity contribution < 1.29 is 14.3 Å². The third-order valence-corrected chi connectivity index (χ3v) is 3.13. The van der Waals surface area contributed by atoms with Crippen LogP contribution in [0.5, 0.6) is 5.75 Å². The van der Waals surface area contributed by atoms with Crippen LogP contribution in [0.25, 0.3) is 0 Å². The summed E-state index contributed by atoms with van der Waals surface area (Å²) in [7, 11) is 1.56. The van der Waals surface area contributed by atoms with E-state index in [0.717, 1.165) is 0 Å². The van der Waals surface area contributed by atoms with E-state index in [4.69, 9.17) is 16.3 Å². The molecule has 0 bridgehead atoms. The van der Waals surface area contributed by atoms with Gasteiger partial charge in [-0.15, -0.1) is 11.6 Å². The van der Waals surface area contributed by atoms with Gasteiger partial charge in [0.25, 0.3) is 0 Å². The van der Waals surface area contributed by atoms with Crippen molar-refractivity contribution in [3.8, 4) is 5.75 Å². The minimum absolute atomic E-state index is 0.178. The minimum Gasteiger partial charge on any atom is -0.497 e. The number of alkyl halides is 1. The van der Waals surface area contributed by atoms with Gasteiger partial charge in [-0.2, -0.15) is 0 Å². The third kappa shape index (κ3) is 2.13. The Labute approximate surface area is 104 Å². The van der Waals surface area contributed by atoms with Crippen LogP contribution in [0.15, 0.2) is 24.3 Å². The van der Waals surface area contributed by atoms with E-state index in [9.17, 15) is 9.59 Å². The molecule has 0 N–H and O–H groups in total. The third-order valence-electron chi connectivity index (χ3n) is 2.76. The number of carbonyl (C=O) groups excluding carboxylic acids is 2. The molecule has 1 aliphatic rings. The molecule has 0 aliphatic carbocycles. The van der Waals surface area contributed by atoms with Crippen molar-refractivity contribution in [2.45, 2.75) is 6.42 Å². The van der Waals surface area contributed by atoms with Crippen molar-refractivity contribution in [2.75, 3.05) is 17.9 Å².